The lowest BCUT2D eigenvalue weighted by molar-refractivity contribution is 0.355. The summed E-state index contributed by atoms with van der Waals surface area (Å²) in [4.78, 5) is 4.17. The molecule has 8 heteroatoms. The molecule has 3 rings (SSSR count). The molecule has 0 fully saturated rings. The van der Waals surface area contributed by atoms with Gasteiger partial charge in [0.2, 0.25) is 9.84 Å². The van der Waals surface area contributed by atoms with Crippen LogP contribution in [0.2, 0.25) is 0 Å². The number of sulfone groups is 1. The van der Waals surface area contributed by atoms with Gasteiger partial charge in [-0.25, -0.2) is 8.42 Å². The Bertz CT molecular complexity index is 1140. The van der Waals surface area contributed by atoms with Crippen molar-refractivity contribution in [1.29, 1.82) is 5.26 Å². The standard InChI is InChI=1S/C18H13BrN2O4S/c1-24-16-7-14-15(8-17(16)25-2)21-10-11(9-20)18(14)26(22,23)13-5-3-12(19)4-6-13/h3-8,10H,1-2H3. The van der Waals surface area contributed by atoms with Gasteiger partial charge in [0.25, 0.3) is 0 Å². The predicted octanol–water partition coefficient (Wildman–Crippen LogP) is 3.72. The molecule has 6 nitrogen and oxygen atoms in total. The van der Waals surface area contributed by atoms with Gasteiger partial charge < -0.3 is 9.47 Å². The van der Waals surface area contributed by atoms with Crippen molar-refractivity contribution in [2.45, 2.75) is 9.79 Å². The molecular weight excluding hydrogens is 420 g/mol. The van der Waals surface area contributed by atoms with E-state index in [1.165, 1.54) is 38.6 Å². The molecule has 0 radical (unpaired) electrons. The van der Waals surface area contributed by atoms with Gasteiger partial charge in [0.05, 0.1) is 30.2 Å². The molecule has 132 valence electrons. The lowest BCUT2D eigenvalue weighted by atomic mass is 10.1. The zero-order valence-corrected chi connectivity index (χ0v) is 16.3. The molecule has 0 atom stereocenters. The topological polar surface area (TPSA) is 89.3 Å². The summed E-state index contributed by atoms with van der Waals surface area (Å²) < 4.78 is 37.7. The van der Waals surface area contributed by atoms with Gasteiger partial charge in [0, 0.05) is 22.1 Å². The molecule has 0 unspecified atom stereocenters. The van der Waals surface area contributed by atoms with Crippen LogP contribution in [0.15, 0.2) is 56.9 Å². The molecule has 0 amide bonds. The number of ether oxygens (including phenoxy) is 2. The minimum Gasteiger partial charge on any atom is -0.493 e. The van der Waals surface area contributed by atoms with Crippen molar-refractivity contribution < 1.29 is 17.9 Å². The van der Waals surface area contributed by atoms with E-state index in [1.54, 1.807) is 18.2 Å². The first-order valence-electron chi connectivity index (χ1n) is 7.38. The number of hydrogen-bond donors (Lipinski definition) is 0. The second-order valence-corrected chi connectivity index (χ2v) is 8.10. The van der Waals surface area contributed by atoms with Crippen molar-refractivity contribution >= 4 is 36.7 Å². The number of aromatic nitrogens is 1. The van der Waals surface area contributed by atoms with Gasteiger partial charge in [-0.1, -0.05) is 15.9 Å². The Hall–Kier alpha value is -2.63. The first-order chi connectivity index (χ1) is 12.4. The van der Waals surface area contributed by atoms with Crippen LogP contribution in [0.5, 0.6) is 11.5 Å². The molecule has 1 aromatic heterocycles. The van der Waals surface area contributed by atoms with E-state index >= 15 is 0 Å². The van der Waals surface area contributed by atoms with Crippen LogP contribution in [0.4, 0.5) is 0 Å². The van der Waals surface area contributed by atoms with Crippen LogP contribution in [0.3, 0.4) is 0 Å². The van der Waals surface area contributed by atoms with E-state index < -0.39 is 9.84 Å². The third kappa shape index (κ3) is 3.00. The molecule has 0 N–H and O–H groups in total. The summed E-state index contributed by atoms with van der Waals surface area (Å²) in [7, 11) is -1.02. The third-order valence-electron chi connectivity index (χ3n) is 3.84. The maximum Gasteiger partial charge on any atom is 0.208 e. The Labute approximate surface area is 159 Å². The highest BCUT2D eigenvalue weighted by Crippen LogP contribution is 2.37. The Balaban J connectivity index is 2.40. The zero-order valence-electron chi connectivity index (χ0n) is 13.9. The molecule has 0 aliphatic carbocycles. The lowest BCUT2D eigenvalue weighted by Crippen LogP contribution is -2.07. The number of nitriles is 1. The summed E-state index contributed by atoms with van der Waals surface area (Å²) in [5.74, 6) is 0.772. The van der Waals surface area contributed by atoms with Crippen LogP contribution >= 0.6 is 15.9 Å². The number of fused-ring (bicyclic) bond motifs is 1. The number of pyridine rings is 1. The fourth-order valence-electron chi connectivity index (χ4n) is 2.60. The number of nitrogens with zero attached hydrogens (tertiary/aromatic N) is 2. The van der Waals surface area contributed by atoms with E-state index in [-0.39, 0.29) is 15.4 Å². The van der Waals surface area contributed by atoms with Crippen molar-refractivity contribution in [3.63, 3.8) is 0 Å². The smallest absolute Gasteiger partial charge is 0.208 e. The second-order valence-electron chi connectivity index (χ2n) is 5.29. The average molecular weight is 433 g/mol. The number of benzene rings is 2. The van der Waals surface area contributed by atoms with Crippen molar-refractivity contribution in [2.24, 2.45) is 0 Å². The third-order valence-corrected chi connectivity index (χ3v) is 6.24. The molecule has 0 saturated carbocycles. The molecule has 0 saturated heterocycles. The second kappa shape index (κ2) is 6.94. The molecule has 26 heavy (non-hydrogen) atoms. The van der Waals surface area contributed by atoms with Crippen molar-refractivity contribution in [2.75, 3.05) is 14.2 Å². The number of rotatable bonds is 4. The minimum absolute atomic E-state index is 0.0346. The largest absolute Gasteiger partial charge is 0.493 e. The number of halogens is 1. The van der Waals surface area contributed by atoms with Crippen LogP contribution < -0.4 is 9.47 Å². The van der Waals surface area contributed by atoms with Gasteiger partial charge in [-0.2, -0.15) is 5.26 Å². The van der Waals surface area contributed by atoms with Crippen LogP contribution in [-0.4, -0.2) is 27.6 Å². The van der Waals surface area contributed by atoms with Gasteiger partial charge >= 0.3 is 0 Å². The maximum absolute atomic E-state index is 13.2. The molecule has 1 heterocycles. The summed E-state index contributed by atoms with van der Waals surface area (Å²) in [5.41, 5.74) is 0.352. The minimum atomic E-state index is -3.95. The van der Waals surface area contributed by atoms with E-state index in [0.29, 0.717) is 22.4 Å². The fraction of sp³-hybridized carbons (Fsp3) is 0.111. The lowest BCUT2D eigenvalue weighted by Gasteiger charge is -2.13. The van der Waals surface area contributed by atoms with Crippen molar-refractivity contribution in [3.05, 3.63) is 52.6 Å². The maximum atomic E-state index is 13.2. The van der Waals surface area contributed by atoms with Gasteiger partial charge in [-0.15, -0.1) is 0 Å². The van der Waals surface area contributed by atoms with Crippen LogP contribution in [0.1, 0.15) is 5.56 Å². The van der Waals surface area contributed by atoms with Crippen molar-refractivity contribution in [3.8, 4) is 17.6 Å². The molecule has 0 spiro atoms. The summed E-state index contributed by atoms with van der Waals surface area (Å²) in [6.07, 6.45) is 1.25. The number of hydrogen-bond acceptors (Lipinski definition) is 6. The normalized spacial score (nSPS) is 11.2. The van der Waals surface area contributed by atoms with Gasteiger partial charge in [0.1, 0.15) is 11.0 Å². The zero-order chi connectivity index (χ0) is 18.9. The van der Waals surface area contributed by atoms with Gasteiger partial charge in [-0.3, -0.25) is 4.98 Å². The highest BCUT2D eigenvalue weighted by atomic mass is 79.9. The SMILES string of the molecule is COc1cc2ncc(C#N)c(S(=O)(=O)c3ccc(Br)cc3)c2cc1OC. The Morgan fingerprint density at radius 3 is 2.27 bits per heavy atom. The van der Waals surface area contributed by atoms with Crippen molar-refractivity contribution in [1.82, 2.24) is 4.98 Å². The molecule has 2 aromatic carbocycles. The molecule has 0 bridgehead atoms. The summed E-state index contributed by atoms with van der Waals surface area (Å²) in [6, 6.07) is 11.2. The first-order valence-corrected chi connectivity index (χ1v) is 9.65. The fourth-order valence-corrected chi connectivity index (χ4v) is 4.43. The first kappa shape index (κ1) is 18.2. The van der Waals surface area contributed by atoms with E-state index in [2.05, 4.69) is 20.9 Å². The molecule has 3 aromatic rings. The Morgan fingerprint density at radius 1 is 1.08 bits per heavy atom. The predicted molar refractivity (Wildman–Crippen MR) is 99.2 cm³/mol. The summed E-state index contributed by atoms with van der Waals surface area (Å²) in [5, 5.41) is 9.74. The van der Waals surface area contributed by atoms with Crippen LogP contribution in [0, 0.1) is 11.3 Å². The van der Waals surface area contributed by atoms with Gasteiger partial charge in [0.15, 0.2) is 11.5 Å². The van der Waals surface area contributed by atoms with E-state index in [9.17, 15) is 13.7 Å². The monoisotopic (exact) mass is 432 g/mol. The quantitative estimate of drug-likeness (QED) is 0.623. The van der Waals surface area contributed by atoms with E-state index in [1.807, 2.05) is 6.07 Å². The Morgan fingerprint density at radius 2 is 1.69 bits per heavy atom. The molecule has 0 aliphatic rings. The Kier molecular flexibility index (Phi) is 4.85. The van der Waals surface area contributed by atoms with E-state index in [0.717, 1.165) is 4.47 Å². The van der Waals surface area contributed by atoms with E-state index in [4.69, 9.17) is 9.47 Å². The van der Waals surface area contributed by atoms with Crippen LogP contribution in [0.25, 0.3) is 10.9 Å². The summed E-state index contributed by atoms with van der Waals surface area (Å²) in [6.45, 7) is 0. The highest BCUT2D eigenvalue weighted by molar-refractivity contribution is 9.10. The molecule has 0 aliphatic heterocycles. The highest BCUT2D eigenvalue weighted by Gasteiger charge is 2.26. The molecular formula is C18H13BrN2O4S. The van der Waals surface area contributed by atoms with Crippen LogP contribution in [-0.2, 0) is 9.84 Å². The summed E-state index contributed by atoms with van der Waals surface area (Å²) >= 11 is 3.28. The van der Waals surface area contributed by atoms with Gasteiger partial charge in [-0.05, 0) is 30.3 Å². The average Bonchev–Trinajstić information content (AvgIpc) is 2.65. The number of methoxy groups -OCH3 is 2.